The zero-order chi connectivity index (χ0) is 22.3. The molecule has 0 fully saturated rings. The summed E-state index contributed by atoms with van der Waals surface area (Å²) < 4.78 is 0. The summed E-state index contributed by atoms with van der Waals surface area (Å²) in [5.74, 6) is 3.62. The summed E-state index contributed by atoms with van der Waals surface area (Å²) in [6.07, 6.45) is 8.58. The van der Waals surface area contributed by atoms with Crippen LogP contribution in [0.15, 0.2) is 48.6 Å². The van der Waals surface area contributed by atoms with Gasteiger partial charge < -0.3 is 4.98 Å². The van der Waals surface area contributed by atoms with Gasteiger partial charge in [-0.15, -0.1) is 0 Å². The topological polar surface area (TPSA) is 15.8 Å². The van der Waals surface area contributed by atoms with E-state index in [0.717, 1.165) is 0 Å². The summed E-state index contributed by atoms with van der Waals surface area (Å²) in [5, 5.41) is 0. The smallest absolute Gasteiger partial charge is 0.0178 e. The Morgan fingerprint density at radius 2 is 1.17 bits per heavy atom. The van der Waals surface area contributed by atoms with Crippen LogP contribution in [-0.2, 0) is 0 Å². The third-order valence-electron chi connectivity index (χ3n) is 6.60. The van der Waals surface area contributed by atoms with E-state index < -0.39 is 0 Å². The van der Waals surface area contributed by atoms with E-state index in [0.29, 0.717) is 35.5 Å². The van der Waals surface area contributed by atoms with E-state index in [1.54, 1.807) is 0 Å². The number of rotatable bonds is 11. The van der Waals surface area contributed by atoms with Crippen molar-refractivity contribution in [3.8, 4) is 0 Å². The highest BCUT2D eigenvalue weighted by Crippen LogP contribution is 2.27. The van der Waals surface area contributed by atoms with E-state index in [4.69, 9.17) is 0 Å². The number of hydrogen-bond acceptors (Lipinski definition) is 0. The second-order valence-corrected chi connectivity index (χ2v) is 10.3. The summed E-state index contributed by atoms with van der Waals surface area (Å²) in [6, 6.07) is 13.8. The Bertz CT molecular complexity index is 762. The van der Waals surface area contributed by atoms with Gasteiger partial charge in [-0.2, -0.15) is 0 Å². The quantitative estimate of drug-likeness (QED) is 0.357. The Morgan fingerprint density at radius 3 is 1.73 bits per heavy atom. The number of benzene rings is 1. The van der Waals surface area contributed by atoms with Crippen molar-refractivity contribution in [2.75, 3.05) is 0 Å². The second-order valence-electron chi connectivity index (χ2n) is 10.3. The van der Waals surface area contributed by atoms with Gasteiger partial charge in [0.1, 0.15) is 0 Å². The van der Waals surface area contributed by atoms with E-state index in [-0.39, 0.29) is 0 Å². The molecular formula is C29H45N. The molecule has 0 amide bonds. The highest BCUT2D eigenvalue weighted by atomic mass is 14.7. The van der Waals surface area contributed by atoms with Crippen LogP contribution in [0.3, 0.4) is 0 Å². The van der Waals surface area contributed by atoms with Crippen LogP contribution >= 0.6 is 0 Å². The summed E-state index contributed by atoms with van der Waals surface area (Å²) in [4.78, 5) is 3.62. The first-order valence-corrected chi connectivity index (χ1v) is 12.1. The number of aromatic nitrogens is 1. The fourth-order valence-corrected chi connectivity index (χ4v) is 4.18. The van der Waals surface area contributed by atoms with Crippen molar-refractivity contribution in [1.82, 2.24) is 4.98 Å². The standard InChI is InChI=1S/C29H45N/c1-20(2)26-13-15-27(16-14-26)24(7)12-11-22(5)9-10-23(6)19-25(8)29-18-17-28(30-29)21(3)4/h9-10,13-18,20-25,30H,11-12,19H2,1-8H3. The van der Waals surface area contributed by atoms with Crippen molar-refractivity contribution in [2.45, 2.75) is 98.3 Å². The zero-order valence-electron chi connectivity index (χ0n) is 20.7. The number of allylic oxidation sites excluding steroid dienone is 2. The molecule has 1 aromatic heterocycles. The molecule has 1 nitrogen and oxygen atoms in total. The molecular weight excluding hydrogens is 362 g/mol. The summed E-state index contributed by atoms with van der Waals surface area (Å²) in [5.41, 5.74) is 5.64. The molecule has 30 heavy (non-hydrogen) atoms. The average Bonchev–Trinajstić information content (AvgIpc) is 3.21. The van der Waals surface area contributed by atoms with Crippen LogP contribution in [0.25, 0.3) is 0 Å². The van der Waals surface area contributed by atoms with Gasteiger partial charge in [-0.05, 0) is 78.0 Å². The lowest BCUT2D eigenvalue weighted by atomic mass is 9.89. The summed E-state index contributed by atoms with van der Waals surface area (Å²) in [6.45, 7) is 18.4. The van der Waals surface area contributed by atoms with Gasteiger partial charge in [0.05, 0.1) is 0 Å². The monoisotopic (exact) mass is 407 g/mol. The van der Waals surface area contributed by atoms with Gasteiger partial charge in [0.2, 0.25) is 0 Å². The molecule has 0 aliphatic heterocycles. The molecule has 4 unspecified atom stereocenters. The minimum absolute atomic E-state index is 0.569. The van der Waals surface area contributed by atoms with Crippen LogP contribution in [0, 0.1) is 11.8 Å². The Morgan fingerprint density at radius 1 is 0.600 bits per heavy atom. The summed E-state index contributed by atoms with van der Waals surface area (Å²) in [7, 11) is 0. The highest BCUT2D eigenvalue weighted by Gasteiger charge is 2.13. The molecule has 0 aliphatic carbocycles. The van der Waals surface area contributed by atoms with E-state index in [1.165, 1.54) is 41.8 Å². The maximum atomic E-state index is 3.62. The van der Waals surface area contributed by atoms with Crippen LogP contribution in [0.5, 0.6) is 0 Å². The first-order chi connectivity index (χ1) is 14.2. The molecule has 1 heterocycles. The fraction of sp³-hybridized carbons (Fsp3) is 0.586. The zero-order valence-corrected chi connectivity index (χ0v) is 20.7. The number of H-pyrrole nitrogens is 1. The van der Waals surface area contributed by atoms with Crippen molar-refractivity contribution in [3.63, 3.8) is 0 Å². The molecule has 2 aromatic rings. The lowest BCUT2D eigenvalue weighted by Gasteiger charge is -2.16. The SMILES string of the molecule is CC(C=CC(C)CC(C)c1ccc(C(C)C)[nH]1)CCC(C)c1ccc(C(C)C)cc1. The molecule has 1 heteroatoms. The van der Waals surface area contributed by atoms with Gasteiger partial charge in [0.25, 0.3) is 0 Å². The maximum Gasteiger partial charge on any atom is 0.0178 e. The van der Waals surface area contributed by atoms with Gasteiger partial charge in [0.15, 0.2) is 0 Å². The van der Waals surface area contributed by atoms with Crippen molar-refractivity contribution in [1.29, 1.82) is 0 Å². The van der Waals surface area contributed by atoms with E-state index in [1.807, 2.05) is 0 Å². The number of hydrogen-bond donors (Lipinski definition) is 1. The number of aromatic amines is 1. The predicted octanol–water partition coefficient (Wildman–Crippen LogP) is 9.17. The van der Waals surface area contributed by atoms with Crippen molar-refractivity contribution in [2.24, 2.45) is 11.8 Å². The van der Waals surface area contributed by atoms with Gasteiger partial charge in [-0.1, -0.05) is 91.8 Å². The van der Waals surface area contributed by atoms with Gasteiger partial charge in [-0.3, -0.25) is 0 Å². The van der Waals surface area contributed by atoms with Crippen LogP contribution < -0.4 is 0 Å². The second kappa shape index (κ2) is 11.6. The molecule has 4 atom stereocenters. The molecule has 0 saturated carbocycles. The molecule has 166 valence electrons. The molecule has 2 rings (SSSR count). The minimum Gasteiger partial charge on any atom is -0.362 e. The Balaban J connectivity index is 1.78. The Labute approximate surface area is 186 Å². The first kappa shape index (κ1) is 24.5. The maximum absolute atomic E-state index is 3.62. The molecule has 0 radical (unpaired) electrons. The molecule has 0 aliphatic rings. The Hall–Kier alpha value is -1.76. The van der Waals surface area contributed by atoms with E-state index >= 15 is 0 Å². The van der Waals surface area contributed by atoms with Crippen LogP contribution in [0.1, 0.15) is 121 Å². The summed E-state index contributed by atoms with van der Waals surface area (Å²) >= 11 is 0. The number of nitrogens with one attached hydrogen (secondary N) is 1. The van der Waals surface area contributed by atoms with Crippen molar-refractivity contribution >= 4 is 0 Å². The van der Waals surface area contributed by atoms with Crippen LogP contribution in [0.2, 0.25) is 0 Å². The molecule has 0 bridgehead atoms. The van der Waals surface area contributed by atoms with Crippen LogP contribution in [0.4, 0.5) is 0 Å². The van der Waals surface area contributed by atoms with Crippen LogP contribution in [-0.4, -0.2) is 4.98 Å². The van der Waals surface area contributed by atoms with Gasteiger partial charge >= 0.3 is 0 Å². The largest absolute Gasteiger partial charge is 0.362 e. The fourth-order valence-electron chi connectivity index (χ4n) is 4.18. The Kier molecular flexibility index (Phi) is 9.46. The first-order valence-electron chi connectivity index (χ1n) is 12.1. The van der Waals surface area contributed by atoms with Gasteiger partial charge in [-0.25, -0.2) is 0 Å². The van der Waals surface area contributed by atoms with Crippen molar-refractivity contribution < 1.29 is 0 Å². The van der Waals surface area contributed by atoms with Gasteiger partial charge in [0, 0.05) is 11.4 Å². The minimum atomic E-state index is 0.569. The van der Waals surface area contributed by atoms with Crippen molar-refractivity contribution in [3.05, 3.63) is 71.1 Å². The average molecular weight is 408 g/mol. The lowest BCUT2D eigenvalue weighted by molar-refractivity contribution is 0.535. The third kappa shape index (κ3) is 7.49. The normalized spacial score (nSPS) is 16.3. The van der Waals surface area contributed by atoms with E-state index in [9.17, 15) is 0 Å². The lowest BCUT2D eigenvalue weighted by Crippen LogP contribution is -2.02. The third-order valence-corrected chi connectivity index (χ3v) is 6.60. The highest BCUT2D eigenvalue weighted by molar-refractivity contribution is 5.26. The molecule has 1 aromatic carbocycles. The predicted molar refractivity (Wildman–Crippen MR) is 134 cm³/mol. The molecule has 1 N–H and O–H groups in total. The van der Waals surface area contributed by atoms with E-state index in [2.05, 4.69) is 109 Å². The molecule has 0 saturated heterocycles. The molecule has 0 spiro atoms.